The molecule has 1 saturated heterocycles. The highest BCUT2D eigenvalue weighted by Crippen LogP contribution is 2.10. The third-order valence-corrected chi connectivity index (χ3v) is 2.02. The number of nitrogens with zero attached hydrogens (tertiary/aromatic N) is 3. The van der Waals surface area contributed by atoms with Gasteiger partial charge in [-0.1, -0.05) is 13.8 Å². The lowest BCUT2D eigenvalue weighted by molar-refractivity contribution is 0.468. The fourth-order valence-electron chi connectivity index (χ4n) is 1.34. The first-order valence-corrected chi connectivity index (χ1v) is 5.33. The van der Waals surface area contributed by atoms with Gasteiger partial charge in [0.25, 0.3) is 0 Å². The molecule has 2 heterocycles. The van der Waals surface area contributed by atoms with Crippen molar-refractivity contribution in [1.82, 2.24) is 15.3 Å². The van der Waals surface area contributed by atoms with E-state index in [-0.39, 0.29) is 5.75 Å². The highest BCUT2D eigenvalue weighted by Gasteiger charge is 2.11. The Labute approximate surface area is 90.2 Å². The molecular weight excluding hydrogens is 192 g/mol. The SMILES string of the molecule is CC.Oc1cnc(N2CCNCC2)nc1. The average Bonchev–Trinajstić information content (AvgIpc) is 2.34. The van der Waals surface area contributed by atoms with Gasteiger partial charge in [0.1, 0.15) is 0 Å². The number of piperazine rings is 1. The second-order valence-electron chi connectivity index (χ2n) is 2.98. The largest absolute Gasteiger partial charge is 0.505 e. The van der Waals surface area contributed by atoms with Crippen molar-refractivity contribution < 1.29 is 5.11 Å². The first kappa shape index (κ1) is 11.7. The van der Waals surface area contributed by atoms with Crippen LogP contribution < -0.4 is 10.2 Å². The molecule has 0 radical (unpaired) electrons. The fraction of sp³-hybridized carbons (Fsp3) is 0.600. The van der Waals surface area contributed by atoms with Crippen molar-refractivity contribution in [2.75, 3.05) is 31.1 Å². The Balaban J connectivity index is 0.000000531. The number of rotatable bonds is 1. The smallest absolute Gasteiger partial charge is 0.225 e. The number of aromatic nitrogens is 2. The molecule has 0 unspecified atom stereocenters. The number of anilines is 1. The van der Waals surface area contributed by atoms with Crippen molar-refractivity contribution in [3.05, 3.63) is 12.4 Å². The molecule has 0 bridgehead atoms. The topological polar surface area (TPSA) is 61.3 Å². The Morgan fingerprint density at radius 2 is 1.73 bits per heavy atom. The van der Waals surface area contributed by atoms with Crippen LogP contribution in [0.4, 0.5) is 5.95 Å². The van der Waals surface area contributed by atoms with E-state index in [1.165, 1.54) is 12.4 Å². The summed E-state index contributed by atoms with van der Waals surface area (Å²) in [5, 5.41) is 12.2. The van der Waals surface area contributed by atoms with Gasteiger partial charge in [-0.15, -0.1) is 0 Å². The monoisotopic (exact) mass is 210 g/mol. The molecule has 0 aromatic carbocycles. The van der Waals surface area contributed by atoms with Crippen LogP contribution in [0, 0.1) is 0 Å². The van der Waals surface area contributed by atoms with Crippen LogP contribution in [0.3, 0.4) is 0 Å². The second-order valence-corrected chi connectivity index (χ2v) is 2.98. The number of hydrogen-bond acceptors (Lipinski definition) is 5. The molecule has 84 valence electrons. The fourth-order valence-corrected chi connectivity index (χ4v) is 1.34. The number of nitrogens with one attached hydrogen (secondary N) is 1. The molecule has 0 saturated carbocycles. The predicted octanol–water partition coefficient (Wildman–Crippen LogP) is 0.618. The van der Waals surface area contributed by atoms with Crippen molar-refractivity contribution in [2.24, 2.45) is 0 Å². The first-order valence-electron chi connectivity index (χ1n) is 5.33. The minimum absolute atomic E-state index is 0.110. The Morgan fingerprint density at radius 1 is 1.20 bits per heavy atom. The van der Waals surface area contributed by atoms with Gasteiger partial charge in [-0.3, -0.25) is 0 Å². The second kappa shape index (κ2) is 6.19. The quantitative estimate of drug-likeness (QED) is 0.711. The zero-order chi connectivity index (χ0) is 11.1. The highest BCUT2D eigenvalue weighted by molar-refractivity contribution is 5.31. The van der Waals surface area contributed by atoms with Crippen molar-refractivity contribution in [3.8, 4) is 5.75 Å². The van der Waals surface area contributed by atoms with Crippen LogP contribution in [0.15, 0.2) is 12.4 Å². The van der Waals surface area contributed by atoms with Crippen molar-refractivity contribution in [3.63, 3.8) is 0 Å². The summed E-state index contributed by atoms with van der Waals surface area (Å²) in [6.07, 6.45) is 2.84. The van der Waals surface area contributed by atoms with Gasteiger partial charge >= 0.3 is 0 Å². The van der Waals surface area contributed by atoms with E-state index >= 15 is 0 Å². The first-order chi connectivity index (χ1) is 7.36. The molecule has 5 heteroatoms. The third kappa shape index (κ3) is 3.36. The van der Waals surface area contributed by atoms with Crippen LogP contribution in [-0.2, 0) is 0 Å². The normalized spacial score (nSPS) is 15.5. The van der Waals surface area contributed by atoms with E-state index < -0.39 is 0 Å². The van der Waals surface area contributed by atoms with Crippen LogP contribution in [0.2, 0.25) is 0 Å². The predicted molar refractivity (Wildman–Crippen MR) is 60.1 cm³/mol. The van der Waals surface area contributed by atoms with Gasteiger partial charge in [0.05, 0.1) is 12.4 Å². The Hall–Kier alpha value is -1.36. The van der Waals surface area contributed by atoms with E-state index in [2.05, 4.69) is 20.2 Å². The van der Waals surface area contributed by atoms with Crippen molar-refractivity contribution in [2.45, 2.75) is 13.8 Å². The van der Waals surface area contributed by atoms with Crippen LogP contribution >= 0.6 is 0 Å². The molecule has 15 heavy (non-hydrogen) atoms. The molecule has 1 aliphatic rings. The minimum Gasteiger partial charge on any atom is -0.505 e. The lowest BCUT2D eigenvalue weighted by Crippen LogP contribution is -2.44. The maximum Gasteiger partial charge on any atom is 0.225 e. The van der Waals surface area contributed by atoms with Crippen molar-refractivity contribution >= 4 is 5.95 Å². The standard InChI is InChI=1S/C8H12N4O.C2H6/c13-7-5-10-8(11-6-7)12-3-1-9-2-4-12;1-2/h5-6,9,13H,1-4H2;1-2H3. The molecular formula is C10H18N4O. The Morgan fingerprint density at radius 3 is 2.27 bits per heavy atom. The average molecular weight is 210 g/mol. The molecule has 5 nitrogen and oxygen atoms in total. The molecule has 1 aromatic heterocycles. The van der Waals surface area contributed by atoms with Gasteiger partial charge in [-0.25, -0.2) is 9.97 Å². The molecule has 0 spiro atoms. The van der Waals surface area contributed by atoms with Crippen LogP contribution in [0.5, 0.6) is 5.75 Å². The molecule has 0 aliphatic carbocycles. The molecule has 1 fully saturated rings. The van der Waals surface area contributed by atoms with Gasteiger partial charge in [0.2, 0.25) is 5.95 Å². The summed E-state index contributed by atoms with van der Waals surface area (Å²) in [6.45, 7) is 7.77. The summed E-state index contributed by atoms with van der Waals surface area (Å²) in [6, 6.07) is 0. The summed E-state index contributed by atoms with van der Waals surface area (Å²) < 4.78 is 0. The van der Waals surface area contributed by atoms with E-state index in [9.17, 15) is 0 Å². The van der Waals surface area contributed by atoms with Gasteiger partial charge in [0, 0.05) is 26.2 Å². The minimum atomic E-state index is 0.110. The van der Waals surface area contributed by atoms with E-state index in [1.807, 2.05) is 13.8 Å². The Bertz CT molecular complexity index is 269. The van der Waals surface area contributed by atoms with E-state index in [4.69, 9.17) is 5.11 Å². The molecule has 1 aromatic rings. The molecule has 0 amide bonds. The summed E-state index contributed by atoms with van der Waals surface area (Å²) >= 11 is 0. The van der Waals surface area contributed by atoms with E-state index in [0.717, 1.165) is 26.2 Å². The van der Waals surface area contributed by atoms with Gasteiger partial charge in [-0.2, -0.15) is 0 Å². The third-order valence-electron chi connectivity index (χ3n) is 2.02. The summed E-state index contributed by atoms with van der Waals surface area (Å²) in [4.78, 5) is 10.2. The van der Waals surface area contributed by atoms with Crippen LogP contribution in [0.1, 0.15) is 13.8 Å². The maximum atomic E-state index is 9.00. The zero-order valence-electron chi connectivity index (χ0n) is 9.27. The summed E-state index contributed by atoms with van der Waals surface area (Å²) in [5.74, 6) is 0.804. The molecule has 0 atom stereocenters. The highest BCUT2D eigenvalue weighted by atomic mass is 16.3. The van der Waals surface area contributed by atoms with Gasteiger partial charge in [0.15, 0.2) is 5.75 Å². The zero-order valence-corrected chi connectivity index (χ0v) is 9.27. The van der Waals surface area contributed by atoms with Gasteiger partial charge < -0.3 is 15.3 Å². The molecule has 2 N–H and O–H groups in total. The Kier molecular flexibility index (Phi) is 4.83. The molecule has 1 aliphatic heterocycles. The number of aromatic hydroxyl groups is 1. The number of hydrogen-bond donors (Lipinski definition) is 2. The lowest BCUT2D eigenvalue weighted by atomic mass is 10.4. The van der Waals surface area contributed by atoms with Crippen LogP contribution in [0.25, 0.3) is 0 Å². The van der Waals surface area contributed by atoms with E-state index in [1.54, 1.807) is 0 Å². The lowest BCUT2D eigenvalue weighted by Gasteiger charge is -2.26. The van der Waals surface area contributed by atoms with Crippen molar-refractivity contribution in [1.29, 1.82) is 0 Å². The summed E-state index contributed by atoms with van der Waals surface area (Å²) in [7, 11) is 0. The summed E-state index contributed by atoms with van der Waals surface area (Å²) in [5.41, 5.74) is 0. The maximum absolute atomic E-state index is 9.00. The van der Waals surface area contributed by atoms with Crippen LogP contribution in [-0.4, -0.2) is 41.3 Å². The van der Waals surface area contributed by atoms with Gasteiger partial charge in [-0.05, 0) is 0 Å². The van der Waals surface area contributed by atoms with E-state index in [0.29, 0.717) is 5.95 Å². The molecule has 2 rings (SSSR count).